The number of nitrogens with two attached hydrogens (primary N) is 1. The van der Waals surface area contributed by atoms with E-state index in [4.69, 9.17) is 5.14 Å². The summed E-state index contributed by atoms with van der Waals surface area (Å²) in [6, 6.07) is 7.74. The van der Waals surface area contributed by atoms with Crippen molar-refractivity contribution in [1.82, 2.24) is 4.90 Å². The molecular weight excluding hydrogens is 370 g/mol. The van der Waals surface area contributed by atoms with Gasteiger partial charge >= 0.3 is 0 Å². The summed E-state index contributed by atoms with van der Waals surface area (Å²) in [5.74, 6) is 0.504. The molecule has 2 N–H and O–H groups in total. The second-order valence-electron chi connectivity index (χ2n) is 8.91. The third-order valence-corrected chi connectivity index (χ3v) is 7.58. The van der Waals surface area contributed by atoms with Gasteiger partial charge in [-0.2, -0.15) is 8.42 Å². The van der Waals surface area contributed by atoms with E-state index in [1.807, 2.05) is 32.0 Å². The molecule has 0 spiro atoms. The van der Waals surface area contributed by atoms with E-state index in [0.717, 1.165) is 19.5 Å². The minimum atomic E-state index is -3.80. The van der Waals surface area contributed by atoms with E-state index in [1.54, 1.807) is 0 Å². The highest BCUT2D eigenvalue weighted by atomic mass is 32.2. The molecule has 0 saturated carbocycles. The number of likely N-dealkylation sites (tertiary alicyclic amines) is 1. The Morgan fingerprint density at radius 3 is 2.57 bits per heavy atom. The summed E-state index contributed by atoms with van der Waals surface area (Å²) < 4.78 is 25.5. The lowest BCUT2D eigenvalue weighted by Crippen LogP contribution is -2.47. The van der Waals surface area contributed by atoms with Crippen molar-refractivity contribution < 1.29 is 8.42 Å². The van der Waals surface area contributed by atoms with E-state index in [9.17, 15) is 8.42 Å². The van der Waals surface area contributed by atoms with Gasteiger partial charge < -0.3 is 4.90 Å². The zero-order valence-electron chi connectivity index (χ0n) is 18.3. The van der Waals surface area contributed by atoms with Crippen molar-refractivity contribution in [2.45, 2.75) is 78.2 Å². The maximum atomic E-state index is 12.1. The molecule has 0 aliphatic carbocycles. The minimum Gasteiger partial charge on any atom is -0.303 e. The van der Waals surface area contributed by atoms with E-state index >= 15 is 0 Å². The van der Waals surface area contributed by atoms with Gasteiger partial charge in [-0.15, -0.1) is 0 Å². The maximum Gasteiger partial charge on any atom is 0.299 e. The second kappa shape index (κ2) is 9.59. The number of piperidine rings is 1. The number of benzene rings is 1. The Morgan fingerprint density at radius 1 is 1.29 bits per heavy atom. The van der Waals surface area contributed by atoms with Crippen LogP contribution in [0.15, 0.2) is 24.3 Å². The number of anilines is 1. The first kappa shape index (κ1) is 23.2. The van der Waals surface area contributed by atoms with Crippen LogP contribution >= 0.6 is 0 Å². The van der Waals surface area contributed by atoms with Crippen LogP contribution in [0.25, 0.3) is 0 Å². The summed E-state index contributed by atoms with van der Waals surface area (Å²) in [6.45, 7) is 14.0. The maximum absolute atomic E-state index is 12.1. The largest absolute Gasteiger partial charge is 0.303 e. The third-order valence-electron chi connectivity index (χ3n) is 6.40. The summed E-state index contributed by atoms with van der Waals surface area (Å²) >= 11 is 0. The predicted octanol–water partition coefficient (Wildman–Crippen LogP) is 4.28. The molecule has 0 unspecified atom stereocenters. The Morgan fingerprint density at radius 2 is 2.00 bits per heavy atom. The molecule has 1 aliphatic heterocycles. The van der Waals surface area contributed by atoms with Crippen LogP contribution in [0.3, 0.4) is 0 Å². The molecule has 28 heavy (non-hydrogen) atoms. The van der Waals surface area contributed by atoms with Gasteiger partial charge in [-0.3, -0.25) is 4.31 Å². The molecule has 1 fully saturated rings. The van der Waals surface area contributed by atoms with Gasteiger partial charge in [0.05, 0.1) is 5.69 Å². The quantitative estimate of drug-likeness (QED) is 0.619. The molecule has 5 nitrogen and oxygen atoms in total. The minimum absolute atomic E-state index is 0.0386. The Labute approximate surface area is 172 Å². The van der Waals surface area contributed by atoms with Crippen molar-refractivity contribution in [1.29, 1.82) is 0 Å². The second-order valence-corrected chi connectivity index (χ2v) is 10.3. The Kier molecular flexibility index (Phi) is 7.94. The van der Waals surface area contributed by atoms with Gasteiger partial charge in [0.25, 0.3) is 10.2 Å². The summed E-state index contributed by atoms with van der Waals surface area (Å²) in [5.41, 5.74) is 1.90. The van der Waals surface area contributed by atoms with Gasteiger partial charge in [0.2, 0.25) is 0 Å². The molecule has 0 amide bonds. The molecule has 1 aromatic carbocycles. The highest BCUT2D eigenvalue weighted by Gasteiger charge is 2.38. The number of hydrogen-bond acceptors (Lipinski definition) is 3. The normalized spacial score (nSPS) is 23.9. The molecule has 6 heteroatoms. The summed E-state index contributed by atoms with van der Waals surface area (Å²) in [6.07, 6.45) is 6.28. The Balaban J connectivity index is 2.17. The number of hydrogen-bond donors (Lipinski definition) is 1. The van der Waals surface area contributed by atoms with Crippen LogP contribution in [0.4, 0.5) is 5.69 Å². The van der Waals surface area contributed by atoms with E-state index in [-0.39, 0.29) is 11.5 Å². The molecule has 1 saturated heterocycles. The zero-order valence-corrected chi connectivity index (χ0v) is 19.1. The molecule has 0 bridgehead atoms. The molecule has 0 aromatic heterocycles. The van der Waals surface area contributed by atoms with Gasteiger partial charge in [-0.1, -0.05) is 52.2 Å². The summed E-state index contributed by atoms with van der Waals surface area (Å²) in [7, 11) is -3.80. The van der Waals surface area contributed by atoms with Gasteiger partial charge in [-0.25, -0.2) is 5.14 Å². The molecule has 0 radical (unpaired) electrons. The van der Waals surface area contributed by atoms with Crippen molar-refractivity contribution in [3.8, 4) is 0 Å². The summed E-state index contributed by atoms with van der Waals surface area (Å²) in [4.78, 5) is 2.59. The molecule has 160 valence electrons. The first-order valence-electron chi connectivity index (χ1n) is 10.7. The van der Waals surface area contributed by atoms with Gasteiger partial charge in [0, 0.05) is 12.6 Å². The number of rotatable bonds is 9. The topological polar surface area (TPSA) is 66.6 Å². The number of unbranched alkanes of at least 4 members (excludes halogenated alkanes) is 3. The van der Waals surface area contributed by atoms with E-state index in [1.165, 1.54) is 42.1 Å². The first-order valence-corrected chi connectivity index (χ1v) is 12.2. The Hall–Kier alpha value is -1.11. The van der Waals surface area contributed by atoms with E-state index < -0.39 is 10.2 Å². The van der Waals surface area contributed by atoms with E-state index in [0.29, 0.717) is 11.6 Å². The van der Waals surface area contributed by atoms with Gasteiger partial charge in [-0.05, 0) is 68.8 Å². The van der Waals surface area contributed by atoms with Crippen LogP contribution in [0.1, 0.15) is 72.3 Å². The smallest absolute Gasteiger partial charge is 0.299 e. The van der Waals surface area contributed by atoms with Crippen molar-refractivity contribution in [3.05, 3.63) is 29.8 Å². The van der Waals surface area contributed by atoms with Crippen LogP contribution in [-0.2, 0) is 15.6 Å². The zero-order chi connectivity index (χ0) is 20.9. The van der Waals surface area contributed by atoms with Crippen molar-refractivity contribution >= 4 is 15.9 Å². The number of nitrogens with zero attached hydrogens (tertiary/aromatic N) is 2. The average Bonchev–Trinajstić information content (AvgIpc) is 2.60. The fraction of sp³-hybridized carbons (Fsp3) is 0.727. The van der Waals surface area contributed by atoms with Crippen LogP contribution < -0.4 is 9.44 Å². The highest BCUT2D eigenvalue weighted by Crippen LogP contribution is 2.40. The van der Waals surface area contributed by atoms with Crippen molar-refractivity contribution in [2.75, 3.05) is 23.9 Å². The van der Waals surface area contributed by atoms with E-state index in [2.05, 4.69) is 31.7 Å². The van der Waals surface area contributed by atoms with Crippen molar-refractivity contribution in [2.24, 2.45) is 11.1 Å². The molecular formula is C22H39N3O2S. The highest BCUT2D eigenvalue weighted by molar-refractivity contribution is 7.90. The monoisotopic (exact) mass is 409 g/mol. The van der Waals surface area contributed by atoms with Crippen molar-refractivity contribution in [3.63, 3.8) is 0 Å². The summed E-state index contributed by atoms with van der Waals surface area (Å²) in [5, 5.41) is 5.48. The molecule has 1 aromatic rings. The fourth-order valence-electron chi connectivity index (χ4n) is 4.45. The Bertz CT molecular complexity index is 735. The fourth-order valence-corrected chi connectivity index (χ4v) is 5.44. The lowest BCUT2D eigenvalue weighted by molar-refractivity contribution is 0.109. The predicted molar refractivity (Wildman–Crippen MR) is 119 cm³/mol. The lowest BCUT2D eigenvalue weighted by Gasteiger charge is -2.45. The van der Waals surface area contributed by atoms with Gasteiger partial charge in [0.1, 0.15) is 0 Å². The van der Waals surface area contributed by atoms with Crippen LogP contribution in [-0.4, -0.2) is 39.0 Å². The SMILES string of the molecule is CCCCCCN1CC[C@](C)(c2cccc(N(C(C)C)S(N)(=O)=O)c2)[C@@H](C)C1. The third kappa shape index (κ3) is 5.49. The van der Waals surface area contributed by atoms with Crippen LogP contribution in [0.2, 0.25) is 0 Å². The molecule has 2 atom stereocenters. The van der Waals surface area contributed by atoms with Crippen LogP contribution in [0.5, 0.6) is 0 Å². The lowest BCUT2D eigenvalue weighted by atomic mass is 9.68. The van der Waals surface area contributed by atoms with Gasteiger partial charge in [0.15, 0.2) is 0 Å². The molecule has 1 heterocycles. The molecule has 1 aliphatic rings. The molecule has 2 rings (SSSR count). The first-order chi connectivity index (χ1) is 13.1. The average molecular weight is 410 g/mol. The standard InChI is InChI=1S/C22H39N3O2S/c1-6-7-8-9-14-24-15-13-22(5,19(4)17-24)20-11-10-12-21(16-20)25(18(2)3)28(23,26)27/h10-12,16,18-19H,6-9,13-15,17H2,1-5H3,(H2,23,26,27)/t19-,22-/m0/s1. The van der Waals surface area contributed by atoms with Crippen LogP contribution in [0, 0.1) is 5.92 Å².